The van der Waals surface area contributed by atoms with Crippen molar-refractivity contribution in [2.24, 2.45) is 0 Å². The topological polar surface area (TPSA) is 6.48 Å². The summed E-state index contributed by atoms with van der Waals surface area (Å²) in [6, 6.07) is 94.5. The first-order valence-electron chi connectivity index (χ1n) is 25.6. The van der Waals surface area contributed by atoms with Gasteiger partial charge in [-0.2, -0.15) is 0 Å². The van der Waals surface area contributed by atoms with Crippen LogP contribution in [0.1, 0.15) is 0 Å². The van der Waals surface area contributed by atoms with E-state index in [0.29, 0.717) is 0 Å². The monoisotopic (exact) mass is 1040 g/mol. The van der Waals surface area contributed by atoms with E-state index in [4.69, 9.17) is 0 Å². The molecule has 76 heavy (non-hydrogen) atoms. The molecule has 0 saturated heterocycles. The van der Waals surface area contributed by atoms with Crippen LogP contribution in [0, 0.1) is 0 Å². The highest BCUT2D eigenvalue weighted by Gasteiger charge is 2.24. The van der Waals surface area contributed by atoms with Gasteiger partial charge in [-0.3, -0.25) is 0 Å². The lowest BCUT2D eigenvalue weighted by Gasteiger charge is -2.25. The molecule has 0 N–H and O–H groups in total. The van der Waals surface area contributed by atoms with Crippen LogP contribution in [-0.4, -0.2) is 0 Å². The zero-order chi connectivity index (χ0) is 49.8. The number of rotatable bonds is 8. The average Bonchev–Trinajstić information content (AvgIpc) is 4.39. The first-order valence-corrected chi connectivity index (χ1v) is 28.9. The average molecular weight is 1040 g/mol. The van der Waals surface area contributed by atoms with Gasteiger partial charge in [-0.25, -0.2) is 0 Å². The van der Waals surface area contributed by atoms with Crippen molar-refractivity contribution in [1.82, 2.24) is 0 Å². The minimum absolute atomic E-state index is 1.13. The number of hydrogen-bond acceptors (Lipinski definition) is 6. The highest BCUT2D eigenvalue weighted by molar-refractivity contribution is 7.27. The molecule has 0 unspecified atom stereocenters. The Bertz CT molecular complexity index is 4620. The van der Waals surface area contributed by atoms with Crippen LogP contribution in [0.5, 0.6) is 0 Å². The molecule has 0 aliphatic heterocycles. The van der Waals surface area contributed by atoms with Gasteiger partial charge in [-0.05, 0) is 119 Å². The second kappa shape index (κ2) is 17.5. The number of benzene rings is 12. The molecule has 0 spiro atoms. The number of para-hydroxylation sites is 2. The van der Waals surface area contributed by atoms with Crippen LogP contribution in [0.25, 0.3) is 114 Å². The minimum atomic E-state index is 1.13. The molecule has 0 amide bonds. The van der Waals surface area contributed by atoms with Crippen molar-refractivity contribution in [2.75, 3.05) is 9.80 Å². The summed E-state index contributed by atoms with van der Waals surface area (Å²) in [6.07, 6.45) is 0. The molecule has 16 rings (SSSR count). The van der Waals surface area contributed by atoms with Gasteiger partial charge in [-0.15, -0.1) is 45.3 Å². The molecule has 0 fully saturated rings. The fraction of sp³-hybridized carbons (Fsp3) is 0. The second-order valence-electron chi connectivity index (χ2n) is 19.5. The first-order chi connectivity index (χ1) is 37.7. The zero-order valence-corrected chi connectivity index (χ0v) is 44.0. The summed E-state index contributed by atoms with van der Waals surface area (Å²) in [5.74, 6) is 0. The molecule has 6 heteroatoms. The Morgan fingerprint density at radius 1 is 0.211 bits per heavy atom. The Labute approximate surface area is 454 Å². The molecular formula is C70H42N2S4. The number of anilines is 6. The fourth-order valence-electron chi connectivity index (χ4n) is 11.8. The molecule has 0 radical (unpaired) electrons. The maximum Gasteiger partial charge on any atom is 0.0476 e. The molecule has 0 aliphatic carbocycles. The summed E-state index contributed by atoms with van der Waals surface area (Å²) in [6.45, 7) is 0. The van der Waals surface area contributed by atoms with E-state index in [-0.39, 0.29) is 0 Å². The standard InChI is InChI=1S/C70H42N2S4/c1-5-17-43(18-6-1)57-41-59-60(67-55-35-31-49(39-65(55)75-69(57)67)71(45-21-9-3-10-22-45)47-29-33-53-51-25-13-15-27-61(51)73-63(53)37-47)42-58(44-19-7-2-8-20-44)70-68(59)56-36-32-50(40-66(56)76-70)72(46-23-11-4-12-24-46)48-30-34-54-52-26-14-16-28-62(52)74-64(54)38-48/h1-42H. The van der Waals surface area contributed by atoms with E-state index < -0.39 is 0 Å². The van der Waals surface area contributed by atoms with E-state index in [1.807, 2.05) is 45.3 Å². The van der Waals surface area contributed by atoms with Crippen molar-refractivity contribution >= 4 is 171 Å². The molecule has 0 saturated carbocycles. The summed E-state index contributed by atoms with van der Waals surface area (Å²) in [5.41, 5.74) is 11.8. The van der Waals surface area contributed by atoms with Gasteiger partial charge in [0, 0.05) is 126 Å². The smallest absolute Gasteiger partial charge is 0.0476 e. The van der Waals surface area contributed by atoms with Crippen LogP contribution in [0.2, 0.25) is 0 Å². The summed E-state index contributed by atoms with van der Waals surface area (Å²) in [4.78, 5) is 4.85. The van der Waals surface area contributed by atoms with Crippen LogP contribution >= 0.6 is 45.3 Å². The third-order valence-electron chi connectivity index (χ3n) is 15.2. The van der Waals surface area contributed by atoms with Crippen LogP contribution in [0.4, 0.5) is 34.1 Å². The van der Waals surface area contributed by atoms with Gasteiger partial charge < -0.3 is 9.80 Å². The largest absolute Gasteiger partial charge is 0.310 e. The lowest BCUT2D eigenvalue weighted by Crippen LogP contribution is -2.09. The quantitative estimate of drug-likeness (QED) is 0.150. The molecule has 0 bridgehead atoms. The number of thiophene rings is 4. The van der Waals surface area contributed by atoms with Gasteiger partial charge in [0.1, 0.15) is 0 Å². The predicted octanol–water partition coefficient (Wildman–Crippen LogP) is 22.6. The van der Waals surface area contributed by atoms with Crippen molar-refractivity contribution in [1.29, 1.82) is 0 Å². The third-order valence-corrected chi connectivity index (χ3v) is 19.8. The van der Waals surface area contributed by atoms with E-state index in [1.165, 1.54) is 114 Å². The molecule has 4 heterocycles. The summed E-state index contributed by atoms with van der Waals surface area (Å²) >= 11 is 7.56. The summed E-state index contributed by atoms with van der Waals surface area (Å²) in [7, 11) is 0. The molecule has 12 aromatic carbocycles. The lowest BCUT2D eigenvalue weighted by molar-refractivity contribution is 1.30. The molecule has 2 nitrogen and oxygen atoms in total. The number of nitrogens with zero attached hydrogens (tertiary/aromatic N) is 2. The third kappa shape index (κ3) is 6.96. The SMILES string of the molecule is c1ccc(-c2cc3c(cc(-c4ccccc4)c4sc5cc(N(c6ccccc6)c6ccc7c(c6)sc6ccccc67)ccc5c43)c3c2sc2cc(N(c4ccccc4)c4ccc5c(c4)sc4ccccc45)ccc23)cc1. The maximum atomic E-state index is 2.51. The Kier molecular flexibility index (Phi) is 10.1. The molecular weight excluding hydrogens is 997 g/mol. The van der Waals surface area contributed by atoms with Crippen LogP contribution in [0.3, 0.4) is 0 Å². The van der Waals surface area contributed by atoms with Gasteiger partial charge in [0.2, 0.25) is 0 Å². The van der Waals surface area contributed by atoms with Gasteiger partial charge >= 0.3 is 0 Å². The first kappa shape index (κ1) is 43.7. The van der Waals surface area contributed by atoms with E-state index in [0.717, 1.165) is 34.1 Å². The molecule has 356 valence electrons. The predicted molar refractivity (Wildman–Crippen MR) is 336 cm³/mol. The van der Waals surface area contributed by atoms with E-state index in [9.17, 15) is 0 Å². The van der Waals surface area contributed by atoms with E-state index in [2.05, 4.69) is 265 Å². The van der Waals surface area contributed by atoms with E-state index in [1.54, 1.807) is 0 Å². The summed E-state index contributed by atoms with van der Waals surface area (Å²) in [5, 5.41) is 12.9. The van der Waals surface area contributed by atoms with Crippen molar-refractivity contribution in [3.05, 3.63) is 255 Å². The Hall–Kier alpha value is -8.62. The fourth-order valence-corrected chi connectivity index (χ4v) is 16.6. The Morgan fingerprint density at radius 2 is 0.526 bits per heavy atom. The number of fused-ring (bicyclic) bond motifs is 15. The molecule has 16 aromatic rings. The van der Waals surface area contributed by atoms with Gasteiger partial charge in [-0.1, -0.05) is 158 Å². The maximum absolute atomic E-state index is 2.51. The van der Waals surface area contributed by atoms with Crippen LogP contribution in [-0.2, 0) is 0 Å². The van der Waals surface area contributed by atoms with Crippen molar-refractivity contribution in [3.8, 4) is 22.3 Å². The van der Waals surface area contributed by atoms with Crippen LogP contribution in [0.15, 0.2) is 255 Å². The van der Waals surface area contributed by atoms with E-state index >= 15 is 0 Å². The van der Waals surface area contributed by atoms with Gasteiger partial charge in [0.15, 0.2) is 0 Å². The van der Waals surface area contributed by atoms with Crippen LogP contribution < -0.4 is 9.80 Å². The Morgan fingerprint density at radius 3 is 0.921 bits per heavy atom. The van der Waals surface area contributed by atoms with Crippen molar-refractivity contribution in [2.45, 2.75) is 0 Å². The lowest BCUT2D eigenvalue weighted by atomic mass is 9.91. The molecule has 0 atom stereocenters. The molecule has 4 aromatic heterocycles. The van der Waals surface area contributed by atoms with Crippen molar-refractivity contribution in [3.63, 3.8) is 0 Å². The second-order valence-corrected chi connectivity index (χ2v) is 23.8. The Balaban J connectivity index is 0.929. The highest BCUT2D eigenvalue weighted by atomic mass is 32.1. The molecule has 0 aliphatic rings. The zero-order valence-electron chi connectivity index (χ0n) is 40.8. The normalized spacial score (nSPS) is 11.9. The summed E-state index contributed by atoms with van der Waals surface area (Å²) < 4.78 is 10.3. The minimum Gasteiger partial charge on any atom is -0.310 e. The van der Waals surface area contributed by atoms with Gasteiger partial charge in [0.05, 0.1) is 0 Å². The van der Waals surface area contributed by atoms with Crippen molar-refractivity contribution < 1.29 is 0 Å². The van der Waals surface area contributed by atoms with Gasteiger partial charge in [0.25, 0.3) is 0 Å². The number of hydrogen-bond donors (Lipinski definition) is 0. The highest BCUT2D eigenvalue weighted by Crippen LogP contribution is 2.53.